The summed E-state index contributed by atoms with van der Waals surface area (Å²) < 4.78 is 9.66. The van der Waals surface area contributed by atoms with Crippen LogP contribution in [0, 0.1) is 6.92 Å². The molecule has 3 aromatic rings. The summed E-state index contributed by atoms with van der Waals surface area (Å²) in [6, 6.07) is 14.3. The van der Waals surface area contributed by atoms with Crippen molar-refractivity contribution < 1.29 is 9.53 Å². The smallest absolute Gasteiger partial charge is 0.295 e. The van der Waals surface area contributed by atoms with Crippen LogP contribution in [0.3, 0.4) is 0 Å². The van der Waals surface area contributed by atoms with E-state index in [-0.39, 0.29) is 11.2 Å². The van der Waals surface area contributed by atoms with Crippen molar-refractivity contribution in [2.75, 3.05) is 5.32 Å². The van der Waals surface area contributed by atoms with Gasteiger partial charge in [-0.05, 0) is 44.2 Å². The van der Waals surface area contributed by atoms with Crippen LogP contribution in [0.2, 0.25) is 5.02 Å². The number of benzene rings is 2. The number of hydrogen-bond donors (Lipinski definition) is 1. The Bertz CT molecular complexity index is 1080. The quantitative estimate of drug-likeness (QED) is 0.612. The largest absolute Gasteiger partial charge is 0.479 e. The van der Waals surface area contributed by atoms with Gasteiger partial charge < -0.3 is 10.1 Å². The summed E-state index contributed by atoms with van der Waals surface area (Å²) in [4.78, 5) is 25.5. The summed E-state index contributed by atoms with van der Waals surface area (Å²) in [7, 11) is 1.76. The molecule has 0 spiro atoms. The Balaban J connectivity index is 1.83. The minimum atomic E-state index is -0.845. The molecule has 1 aromatic heterocycles. The predicted molar refractivity (Wildman–Crippen MR) is 114 cm³/mol. The van der Waals surface area contributed by atoms with Gasteiger partial charge in [0.15, 0.2) is 6.10 Å². The van der Waals surface area contributed by atoms with Gasteiger partial charge in [-0.15, -0.1) is 0 Å². The highest BCUT2D eigenvalue weighted by Gasteiger charge is 2.22. The predicted octanol–water partition coefficient (Wildman–Crippen LogP) is 4.31. The van der Waals surface area contributed by atoms with E-state index in [1.54, 1.807) is 43.8 Å². The Kier molecular flexibility index (Phi) is 5.96. The van der Waals surface area contributed by atoms with E-state index in [9.17, 15) is 9.59 Å². The number of carbonyl (C=O) groups is 1. The second-order valence-electron chi connectivity index (χ2n) is 6.26. The molecule has 3 rings (SSSR count). The van der Waals surface area contributed by atoms with Gasteiger partial charge in [0.2, 0.25) is 0 Å². The molecule has 0 unspecified atom stereocenters. The van der Waals surface area contributed by atoms with E-state index in [4.69, 9.17) is 16.3 Å². The fourth-order valence-corrected chi connectivity index (χ4v) is 3.47. The van der Waals surface area contributed by atoms with Crippen LogP contribution < -0.4 is 15.6 Å². The number of ether oxygens (including phenoxy) is 1. The van der Waals surface area contributed by atoms with Crippen LogP contribution in [-0.2, 0) is 11.8 Å². The molecule has 0 aliphatic rings. The van der Waals surface area contributed by atoms with Gasteiger partial charge in [-0.25, -0.2) is 4.68 Å². The molecule has 1 amide bonds. The normalized spacial score (nSPS) is 11.9. The minimum Gasteiger partial charge on any atom is -0.479 e. The van der Waals surface area contributed by atoms with Gasteiger partial charge in [0.25, 0.3) is 11.5 Å². The maximum atomic E-state index is 12.9. The van der Waals surface area contributed by atoms with Gasteiger partial charge in [0.1, 0.15) is 11.4 Å². The highest BCUT2D eigenvalue weighted by Crippen LogP contribution is 2.28. The lowest BCUT2D eigenvalue weighted by Crippen LogP contribution is -2.32. The number of para-hydroxylation sites is 1. The third-order valence-electron chi connectivity index (χ3n) is 4.37. The molecule has 146 valence electrons. The summed E-state index contributed by atoms with van der Waals surface area (Å²) in [6.07, 6.45) is -0.845. The Labute approximate surface area is 175 Å². The standard InChI is InChI=1S/C20H19BrClN3O3/c1-12-18(20(27)25(24(12)3)15-7-5-4-6-8-15)23-19(26)13(2)28-17-10-9-14(21)11-16(17)22/h4-11,13H,1-3H3,(H,23,26)/t13-/m1/s1. The van der Waals surface area contributed by atoms with Gasteiger partial charge in [0, 0.05) is 11.5 Å². The van der Waals surface area contributed by atoms with Gasteiger partial charge in [0.05, 0.1) is 16.4 Å². The molecule has 0 saturated heterocycles. The van der Waals surface area contributed by atoms with Crippen LogP contribution in [0.1, 0.15) is 12.6 Å². The number of hydrogen-bond acceptors (Lipinski definition) is 3. The van der Waals surface area contributed by atoms with Crippen molar-refractivity contribution in [1.82, 2.24) is 9.36 Å². The Hall–Kier alpha value is -2.51. The van der Waals surface area contributed by atoms with Gasteiger partial charge in [-0.1, -0.05) is 45.7 Å². The number of anilines is 1. The van der Waals surface area contributed by atoms with E-state index in [0.717, 1.165) is 4.47 Å². The first-order valence-corrected chi connectivity index (χ1v) is 9.73. The number of aromatic nitrogens is 2. The van der Waals surface area contributed by atoms with Crippen molar-refractivity contribution in [3.63, 3.8) is 0 Å². The zero-order chi connectivity index (χ0) is 20.4. The Morgan fingerprint density at radius 2 is 1.89 bits per heavy atom. The SMILES string of the molecule is Cc1c(NC(=O)[C@@H](C)Oc2ccc(Br)cc2Cl)c(=O)n(-c2ccccc2)n1C. The number of halogens is 2. The van der Waals surface area contributed by atoms with E-state index in [2.05, 4.69) is 21.2 Å². The third kappa shape index (κ3) is 4.00. The lowest BCUT2D eigenvalue weighted by molar-refractivity contribution is -0.122. The molecule has 0 aliphatic heterocycles. The molecule has 0 saturated carbocycles. The molecule has 0 bridgehead atoms. The van der Waals surface area contributed by atoms with Gasteiger partial charge in [-0.3, -0.25) is 14.3 Å². The van der Waals surface area contributed by atoms with Crippen LogP contribution >= 0.6 is 27.5 Å². The average Bonchev–Trinajstić information content (AvgIpc) is 2.88. The van der Waals surface area contributed by atoms with Crippen molar-refractivity contribution in [3.8, 4) is 11.4 Å². The van der Waals surface area contributed by atoms with E-state index in [0.29, 0.717) is 22.2 Å². The fourth-order valence-electron chi connectivity index (χ4n) is 2.75. The average molecular weight is 465 g/mol. The first-order valence-electron chi connectivity index (χ1n) is 8.56. The van der Waals surface area contributed by atoms with Gasteiger partial charge in [-0.2, -0.15) is 0 Å². The van der Waals surface area contributed by atoms with E-state index in [1.165, 1.54) is 4.68 Å². The zero-order valence-electron chi connectivity index (χ0n) is 15.6. The summed E-state index contributed by atoms with van der Waals surface area (Å²) in [5.41, 5.74) is 1.25. The Morgan fingerprint density at radius 1 is 1.21 bits per heavy atom. The lowest BCUT2D eigenvalue weighted by atomic mass is 10.3. The second-order valence-corrected chi connectivity index (χ2v) is 7.58. The van der Waals surface area contributed by atoms with Crippen molar-refractivity contribution in [3.05, 3.63) is 74.1 Å². The van der Waals surface area contributed by atoms with Crippen LogP contribution in [0.5, 0.6) is 5.75 Å². The molecule has 1 heterocycles. The van der Waals surface area contributed by atoms with Crippen LogP contribution in [0.15, 0.2) is 57.8 Å². The molecule has 2 aromatic carbocycles. The summed E-state index contributed by atoms with van der Waals surface area (Å²) in [6.45, 7) is 3.37. The summed E-state index contributed by atoms with van der Waals surface area (Å²) >= 11 is 9.46. The minimum absolute atomic E-state index is 0.216. The monoisotopic (exact) mass is 463 g/mol. The second kappa shape index (κ2) is 8.24. The zero-order valence-corrected chi connectivity index (χ0v) is 17.9. The number of nitrogens with one attached hydrogen (secondary N) is 1. The third-order valence-corrected chi connectivity index (χ3v) is 5.16. The highest BCUT2D eigenvalue weighted by molar-refractivity contribution is 9.10. The molecule has 0 aliphatic carbocycles. The summed E-state index contributed by atoms with van der Waals surface area (Å²) in [5, 5.41) is 3.08. The van der Waals surface area contributed by atoms with Gasteiger partial charge >= 0.3 is 0 Å². The molecule has 6 nitrogen and oxygen atoms in total. The molecule has 8 heteroatoms. The maximum absolute atomic E-state index is 12.9. The molecular weight excluding hydrogens is 446 g/mol. The van der Waals surface area contributed by atoms with Crippen molar-refractivity contribution in [1.29, 1.82) is 0 Å². The number of rotatable bonds is 5. The first kappa shape index (κ1) is 20.2. The van der Waals surface area contributed by atoms with Crippen molar-refractivity contribution >= 4 is 39.1 Å². The molecule has 1 N–H and O–H groups in total. The molecule has 0 fully saturated rings. The molecule has 1 atom stereocenters. The summed E-state index contributed by atoms with van der Waals surface area (Å²) in [5.74, 6) is -0.0519. The number of carbonyl (C=O) groups excluding carboxylic acids is 1. The highest BCUT2D eigenvalue weighted by atomic mass is 79.9. The van der Waals surface area contributed by atoms with E-state index >= 15 is 0 Å². The van der Waals surface area contributed by atoms with E-state index < -0.39 is 12.0 Å². The van der Waals surface area contributed by atoms with Crippen LogP contribution in [-0.4, -0.2) is 21.4 Å². The lowest BCUT2D eigenvalue weighted by Gasteiger charge is -2.15. The van der Waals surface area contributed by atoms with Crippen LogP contribution in [0.25, 0.3) is 5.69 Å². The molecular formula is C20H19BrClN3O3. The number of amides is 1. The van der Waals surface area contributed by atoms with Crippen molar-refractivity contribution in [2.24, 2.45) is 7.05 Å². The van der Waals surface area contributed by atoms with Crippen molar-refractivity contribution in [2.45, 2.75) is 20.0 Å². The molecule has 0 radical (unpaired) electrons. The maximum Gasteiger partial charge on any atom is 0.295 e. The van der Waals surface area contributed by atoms with E-state index in [1.807, 2.05) is 30.3 Å². The fraction of sp³-hybridized carbons (Fsp3) is 0.200. The number of nitrogens with zero attached hydrogens (tertiary/aromatic N) is 2. The topological polar surface area (TPSA) is 65.3 Å². The van der Waals surface area contributed by atoms with Crippen LogP contribution in [0.4, 0.5) is 5.69 Å². The Morgan fingerprint density at radius 3 is 2.54 bits per heavy atom. The first-order chi connectivity index (χ1) is 13.3. The molecule has 28 heavy (non-hydrogen) atoms.